The maximum absolute atomic E-state index is 10.2. The van der Waals surface area contributed by atoms with E-state index in [1.807, 2.05) is 32.0 Å². The van der Waals surface area contributed by atoms with Crippen molar-refractivity contribution >= 4 is 0 Å². The van der Waals surface area contributed by atoms with E-state index in [-0.39, 0.29) is 13.4 Å². The zero-order valence-electron chi connectivity index (χ0n) is 12.1. The smallest absolute Gasteiger partial charge is 0.231 e. The molecule has 0 radical (unpaired) electrons. The molecule has 1 heterocycles. The number of aliphatic hydroxyl groups is 1. The number of hydrogen-bond acceptors (Lipinski definition) is 4. The van der Waals surface area contributed by atoms with E-state index in [0.717, 1.165) is 16.9 Å². The summed E-state index contributed by atoms with van der Waals surface area (Å²) in [5.74, 6) is 2.17. The van der Waals surface area contributed by atoms with Crippen molar-refractivity contribution < 1.29 is 19.3 Å². The number of hydrogen-bond donors (Lipinski definition) is 1. The first-order valence-electron chi connectivity index (χ1n) is 6.91. The van der Waals surface area contributed by atoms with Gasteiger partial charge in [0.25, 0.3) is 0 Å². The highest BCUT2D eigenvalue weighted by atomic mass is 16.7. The molecule has 0 bridgehead atoms. The van der Waals surface area contributed by atoms with Crippen molar-refractivity contribution in [2.75, 3.05) is 13.4 Å². The fourth-order valence-corrected chi connectivity index (χ4v) is 2.35. The molecule has 0 aliphatic carbocycles. The zero-order chi connectivity index (χ0) is 14.8. The third-order valence-electron chi connectivity index (χ3n) is 3.51. The number of aryl methyl sites for hydroxylation is 2. The average molecular weight is 286 g/mol. The minimum absolute atomic E-state index is 0.198. The van der Waals surface area contributed by atoms with E-state index in [1.54, 1.807) is 12.1 Å². The zero-order valence-corrected chi connectivity index (χ0v) is 12.1. The number of ether oxygens (including phenoxy) is 3. The molecular weight excluding hydrogens is 268 g/mol. The summed E-state index contributed by atoms with van der Waals surface area (Å²) in [6, 6.07) is 11.4. The lowest BCUT2D eigenvalue weighted by Crippen LogP contribution is -2.10. The van der Waals surface area contributed by atoms with Gasteiger partial charge in [0, 0.05) is 0 Å². The first-order valence-corrected chi connectivity index (χ1v) is 6.91. The number of fused-ring (bicyclic) bond motifs is 1. The third-order valence-corrected chi connectivity index (χ3v) is 3.51. The Kier molecular flexibility index (Phi) is 3.71. The lowest BCUT2D eigenvalue weighted by molar-refractivity contribution is 0.107. The summed E-state index contributed by atoms with van der Waals surface area (Å²) in [6.07, 6.45) is -0.708. The van der Waals surface area contributed by atoms with Crippen molar-refractivity contribution in [3.63, 3.8) is 0 Å². The standard InChI is InChI=1S/C17H18O4/c1-11-3-5-15(12(2)7-11)19-9-14(18)13-4-6-16-17(8-13)21-10-20-16/h3-8,14,18H,9-10H2,1-2H3. The second kappa shape index (κ2) is 5.66. The van der Waals surface area contributed by atoms with E-state index >= 15 is 0 Å². The van der Waals surface area contributed by atoms with Gasteiger partial charge < -0.3 is 19.3 Å². The molecule has 110 valence electrons. The molecule has 4 nitrogen and oxygen atoms in total. The fraction of sp³-hybridized carbons (Fsp3) is 0.294. The molecule has 0 spiro atoms. The normalized spacial score (nSPS) is 14.0. The van der Waals surface area contributed by atoms with Crippen LogP contribution in [0.4, 0.5) is 0 Å². The van der Waals surface area contributed by atoms with Crippen LogP contribution in [-0.2, 0) is 0 Å². The van der Waals surface area contributed by atoms with Gasteiger partial charge in [-0.1, -0.05) is 23.8 Å². The van der Waals surface area contributed by atoms with Crippen LogP contribution in [0.15, 0.2) is 36.4 Å². The van der Waals surface area contributed by atoms with E-state index in [2.05, 4.69) is 6.07 Å². The highest BCUT2D eigenvalue weighted by Crippen LogP contribution is 2.34. The largest absolute Gasteiger partial charge is 0.490 e. The lowest BCUT2D eigenvalue weighted by Gasteiger charge is -2.15. The van der Waals surface area contributed by atoms with Crippen LogP contribution in [0.1, 0.15) is 22.8 Å². The van der Waals surface area contributed by atoms with Crippen molar-refractivity contribution in [2.45, 2.75) is 20.0 Å². The van der Waals surface area contributed by atoms with Crippen molar-refractivity contribution in [3.05, 3.63) is 53.1 Å². The fourth-order valence-electron chi connectivity index (χ4n) is 2.35. The van der Waals surface area contributed by atoms with Crippen LogP contribution in [0.5, 0.6) is 17.2 Å². The lowest BCUT2D eigenvalue weighted by atomic mass is 10.1. The van der Waals surface area contributed by atoms with Crippen molar-refractivity contribution in [1.82, 2.24) is 0 Å². The van der Waals surface area contributed by atoms with Crippen LogP contribution < -0.4 is 14.2 Å². The quantitative estimate of drug-likeness (QED) is 0.938. The Hall–Kier alpha value is -2.20. The molecule has 0 saturated carbocycles. The second-order valence-electron chi connectivity index (χ2n) is 5.21. The van der Waals surface area contributed by atoms with Crippen molar-refractivity contribution in [3.8, 4) is 17.2 Å². The Morgan fingerprint density at radius 1 is 1.10 bits per heavy atom. The molecular formula is C17H18O4. The molecule has 0 amide bonds. The van der Waals surface area contributed by atoms with Crippen molar-refractivity contribution in [2.24, 2.45) is 0 Å². The molecule has 1 atom stereocenters. The summed E-state index contributed by atoms with van der Waals surface area (Å²) in [5, 5.41) is 10.2. The molecule has 1 unspecified atom stereocenters. The molecule has 2 aromatic carbocycles. The molecule has 1 aliphatic heterocycles. The van der Waals surface area contributed by atoms with Crippen LogP contribution >= 0.6 is 0 Å². The average Bonchev–Trinajstić information content (AvgIpc) is 2.93. The van der Waals surface area contributed by atoms with Gasteiger partial charge in [0.2, 0.25) is 6.79 Å². The van der Waals surface area contributed by atoms with Gasteiger partial charge in [0.05, 0.1) is 0 Å². The Bertz CT molecular complexity index is 651. The van der Waals surface area contributed by atoms with E-state index in [9.17, 15) is 5.11 Å². The van der Waals surface area contributed by atoms with Crippen LogP contribution in [0, 0.1) is 13.8 Å². The molecule has 3 rings (SSSR count). The summed E-state index contributed by atoms with van der Waals surface area (Å²) in [5.41, 5.74) is 3.01. The van der Waals surface area contributed by atoms with Crippen LogP contribution in [0.3, 0.4) is 0 Å². The van der Waals surface area contributed by atoms with Gasteiger partial charge >= 0.3 is 0 Å². The first-order chi connectivity index (χ1) is 10.1. The highest BCUT2D eigenvalue weighted by molar-refractivity contribution is 5.45. The Morgan fingerprint density at radius 2 is 1.90 bits per heavy atom. The molecule has 0 saturated heterocycles. The summed E-state index contributed by atoms with van der Waals surface area (Å²) in [7, 11) is 0. The summed E-state index contributed by atoms with van der Waals surface area (Å²) >= 11 is 0. The summed E-state index contributed by atoms with van der Waals surface area (Å²) in [6.45, 7) is 4.46. The van der Waals surface area contributed by atoms with Gasteiger partial charge in [-0.3, -0.25) is 0 Å². The second-order valence-corrected chi connectivity index (χ2v) is 5.21. The van der Waals surface area contributed by atoms with Crippen LogP contribution in [0.2, 0.25) is 0 Å². The van der Waals surface area contributed by atoms with E-state index in [0.29, 0.717) is 11.5 Å². The summed E-state index contributed by atoms with van der Waals surface area (Å²) in [4.78, 5) is 0. The minimum atomic E-state index is -0.708. The van der Waals surface area contributed by atoms with Crippen molar-refractivity contribution in [1.29, 1.82) is 0 Å². The van der Waals surface area contributed by atoms with Gasteiger partial charge in [0.1, 0.15) is 18.5 Å². The monoisotopic (exact) mass is 286 g/mol. The van der Waals surface area contributed by atoms with Gasteiger partial charge in [0.15, 0.2) is 11.5 Å². The minimum Gasteiger partial charge on any atom is -0.490 e. The molecule has 1 N–H and O–H groups in total. The van der Waals surface area contributed by atoms with Crippen LogP contribution in [-0.4, -0.2) is 18.5 Å². The third kappa shape index (κ3) is 2.95. The number of rotatable bonds is 4. The van der Waals surface area contributed by atoms with Crippen LogP contribution in [0.25, 0.3) is 0 Å². The number of aliphatic hydroxyl groups excluding tert-OH is 1. The van der Waals surface area contributed by atoms with E-state index in [1.165, 1.54) is 5.56 Å². The molecule has 0 fully saturated rings. The van der Waals surface area contributed by atoms with Gasteiger partial charge in [-0.2, -0.15) is 0 Å². The maximum Gasteiger partial charge on any atom is 0.231 e. The molecule has 1 aliphatic rings. The highest BCUT2D eigenvalue weighted by Gasteiger charge is 2.17. The predicted molar refractivity (Wildman–Crippen MR) is 78.9 cm³/mol. The Balaban J connectivity index is 1.67. The Morgan fingerprint density at radius 3 is 2.71 bits per heavy atom. The topological polar surface area (TPSA) is 47.9 Å². The van der Waals surface area contributed by atoms with Gasteiger partial charge in [-0.05, 0) is 43.2 Å². The van der Waals surface area contributed by atoms with Gasteiger partial charge in [-0.25, -0.2) is 0 Å². The SMILES string of the molecule is Cc1ccc(OCC(O)c2ccc3c(c2)OCO3)c(C)c1. The molecule has 21 heavy (non-hydrogen) atoms. The van der Waals surface area contributed by atoms with E-state index < -0.39 is 6.10 Å². The first kappa shape index (κ1) is 13.8. The molecule has 2 aromatic rings. The van der Waals surface area contributed by atoms with E-state index in [4.69, 9.17) is 14.2 Å². The maximum atomic E-state index is 10.2. The summed E-state index contributed by atoms with van der Waals surface area (Å²) < 4.78 is 16.3. The Labute approximate surface area is 123 Å². The van der Waals surface area contributed by atoms with Gasteiger partial charge in [-0.15, -0.1) is 0 Å². The molecule has 4 heteroatoms. The molecule has 0 aromatic heterocycles. The predicted octanol–water partition coefficient (Wildman–Crippen LogP) is 3.14. The number of benzene rings is 2.